The first-order valence-corrected chi connectivity index (χ1v) is 7.62. The van der Waals surface area contributed by atoms with Gasteiger partial charge in [-0.1, -0.05) is 39.0 Å². The number of hydrogen-bond acceptors (Lipinski definition) is 5. The van der Waals surface area contributed by atoms with E-state index >= 15 is 0 Å². The Balaban J connectivity index is 2.51. The zero-order valence-electron chi connectivity index (χ0n) is 12.2. The smallest absolute Gasteiger partial charge is 0.213 e. The minimum Gasteiger partial charge on any atom is -0.314 e. The van der Waals surface area contributed by atoms with Crippen molar-refractivity contribution >= 4 is 22.9 Å². The minimum absolute atomic E-state index is 0.0283. The van der Waals surface area contributed by atoms with Gasteiger partial charge in [0.25, 0.3) is 0 Å². The van der Waals surface area contributed by atoms with Crippen molar-refractivity contribution in [3.05, 3.63) is 5.01 Å². The summed E-state index contributed by atoms with van der Waals surface area (Å²) in [5, 5.41) is 15.7. The van der Waals surface area contributed by atoms with Crippen LogP contribution in [0.25, 0.3) is 0 Å². The second-order valence-electron chi connectivity index (χ2n) is 5.28. The standard InChI is InChI=1S/C13H24N4OS/c1-5-10(6-2)14-8-7-13(3,4)11-16-17-12(19-11)15-9-18/h9-10,14H,5-8H2,1-4H3,(H,15,17,18). The summed E-state index contributed by atoms with van der Waals surface area (Å²) < 4.78 is 0. The van der Waals surface area contributed by atoms with E-state index in [1.165, 1.54) is 11.3 Å². The van der Waals surface area contributed by atoms with Crippen LogP contribution < -0.4 is 10.6 Å². The van der Waals surface area contributed by atoms with Gasteiger partial charge in [0.15, 0.2) is 0 Å². The molecule has 0 radical (unpaired) electrons. The molecule has 0 bridgehead atoms. The highest BCUT2D eigenvalue weighted by atomic mass is 32.1. The lowest BCUT2D eigenvalue weighted by Crippen LogP contribution is -2.32. The highest BCUT2D eigenvalue weighted by molar-refractivity contribution is 7.15. The molecule has 0 saturated heterocycles. The zero-order chi connectivity index (χ0) is 14.3. The van der Waals surface area contributed by atoms with Crippen LogP contribution in [-0.2, 0) is 10.2 Å². The monoisotopic (exact) mass is 284 g/mol. The molecule has 2 N–H and O–H groups in total. The first kappa shape index (κ1) is 16.0. The summed E-state index contributed by atoms with van der Waals surface area (Å²) in [5.41, 5.74) is -0.0283. The fourth-order valence-corrected chi connectivity index (χ4v) is 2.71. The van der Waals surface area contributed by atoms with E-state index in [4.69, 9.17) is 0 Å². The predicted octanol–water partition coefficient (Wildman–Crippen LogP) is 2.55. The number of amides is 1. The van der Waals surface area contributed by atoms with Crippen LogP contribution in [0.2, 0.25) is 0 Å². The van der Waals surface area contributed by atoms with Gasteiger partial charge in [-0.05, 0) is 25.8 Å². The third-order valence-electron chi connectivity index (χ3n) is 3.35. The van der Waals surface area contributed by atoms with E-state index in [9.17, 15) is 4.79 Å². The number of carbonyl (C=O) groups excluding carboxylic acids is 1. The normalized spacial score (nSPS) is 11.8. The third-order valence-corrected chi connectivity index (χ3v) is 4.58. The molecule has 0 aliphatic rings. The van der Waals surface area contributed by atoms with Gasteiger partial charge in [-0.3, -0.25) is 4.79 Å². The molecule has 19 heavy (non-hydrogen) atoms. The molecule has 5 nitrogen and oxygen atoms in total. The topological polar surface area (TPSA) is 66.9 Å². The van der Waals surface area contributed by atoms with Crippen LogP contribution in [0, 0.1) is 0 Å². The molecule has 1 heterocycles. The molecule has 1 aromatic heterocycles. The van der Waals surface area contributed by atoms with Gasteiger partial charge in [-0.15, -0.1) is 10.2 Å². The summed E-state index contributed by atoms with van der Waals surface area (Å²) in [6.45, 7) is 9.69. The molecule has 1 amide bonds. The second-order valence-corrected chi connectivity index (χ2v) is 6.25. The van der Waals surface area contributed by atoms with Crippen LogP contribution >= 0.6 is 11.3 Å². The Labute approximate surface area is 119 Å². The van der Waals surface area contributed by atoms with E-state index in [0.717, 1.165) is 30.8 Å². The Morgan fingerprint density at radius 1 is 1.32 bits per heavy atom. The van der Waals surface area contributed by atoms with Gasteiger partial charge in [-0.25, -0.2) is 0 Å². The summed E-state index contributed by atoms with van der Waals surface area (Å²) >= 11 is 1.44. The number of aromatic nitrogens is 2. The van der Waals surface area contributed by atoms with Gasteiger partial charge < -0.3 is 10.6 Å². The van der Waals surface area contributed by atoms with E-state index in [2.05, 4.69) is 48.5 Å². The van der Waals surface area contributed by atoms with E-state index in [0.29, 0.717) is 17.6 Å². The zero-order valence-corrected chi connectivity index (χ0v) is 13.0. The van der Waals surface area contributed by atoms with E-state index in [1.54, 1.807) is 0 Å². The maximum atomic E-state index is 10.4. The molecule has 0 fully saturated rings. The molecule has 6 heteroatoms. The average molecular weight is 284 g/mol. The van der Waals surface area contributed by atoms with Crippen LogP contribution in [-0.4, -0.2) is 29.2 Å². The molecule has 0 spiro atoms. The largest absolute Gasteiger partial charge is 0.314 e. The van der Waals surface area contributed by atoms with Gasteiger partial charge in [0.1, 0.15) is 5.01 Å². The molecule has 0 atom stereocenters. The number of nitrogens with zero attached hydrogens (tertiary/aromatic N) is 2. The van der Waals surface area contributed by atoms with Crippen molar-refractivity contribution < 1.29 is 4.79 Å². The Morgan fingerprint density at radius 3 is 2.58 bits per heavy atom. The van der Waals surface area contributed by atoms with Crippen LogP contribution in [0.5, 0.6) is 0 Å². The molecule has 0 unspecified atom stereocenters. The van der Waals surface area contributed by atoms with E-state index < -0.39 is 0 Å². The van der Waals surface area contributed by atoms with Gasteiger partial charge in [0, 0.05) is 11.5 Å². The first-order valence-electron chi connectivity index (χ1n) is 6.81. The molecular formula is C13H24N4OS. The van der Waals surface area contributed by atoms with Crippen molar-refractivity contribution in [2.75, 3.05) is 11.9 Å². The summed E-state index contributed by atoms with van der Waals surface area (Å²) in [4.78, 5) is 10.4. The van der Waals surface area contributed by atoms with Crippen molar-refractivity contribution in [1.29, 1.82) is 0 Å². The molecule has 0 aromatic carbocycles. The predicted molar refractivity (Wildman–Crippen MR) is 79.6 cm³/mol. The lowest BCUT2D eigenvalue weighted by molar-refractivity contribution is -0.105. The Hall–Kier alpha value is -1.01. The molecule has 108 valence electrons. The SMILES string of the molecule is CCC(CC)NCCC(C)(C)c1nnc(NC=O)s1. The number of anilines is 1. The number of carbonyl (C=O) groups is 1. The van der Waals surface area contributed by atoms with Crippen molar-refractivity contribution in [3.63, 3.8) is 0 Å². The summed E-state index contributed by atoms with van der Waals surface area (Å²) in [6.07, 6.45) is 3.94. The third kappa shape index (κ3) is 4.87. The van der Waals surface area contributed by atoms with Crippen molar-refractivity contribution in [2.45, 2.75) is 58.4 Å². The minimum atomic E-state index is -0.0283. The fraction of sp³-hybridized carbons (Fsp3) is 0.769. The number of nitrogens with one attached hydrogen (secondary N) is 2. The Morgan fingerprint density at radius 2 is 2.00 bits per heavy atom. The van der Waals surface area contributed by atoms with Crippen LogP contribution in [0.3, 0.4) is 0 Å². The van der Waals surface area contributed by atoms with Crippen molar-refractivity contribution in [1.82, 2.24) is 15.5 Å². The van der Waals surface area contributed by atoms with Gasteiger partial charge in [0.05, 0.1) is 0 Å². The molecule has 1 rings (SSSR count). The van der Waals surface area contributed by atoms with Crippen molar-refractivity contribution in [2.24, 2.45) is 0 Å². The van der Waals surface area contributed by atoms with Crippen molar-refractivity contribution in [3.8, 4) is 0 Å². The number of rotatable bonds is 9. The Kier molecular flexibility index (Phi) is 6.37. The fourth-order valence-electron chi connectivity index (χ4n) is 1.88. The van der Waals surface area contributed by atoms with Gasteiger partial charge in [-0.2, -0.15) is 0 Å². The molecule has 0 saturated carbocycles. The first-order chi connectivity index (χ1) is 9.03. The molecule has 0 aliphatic heterocycles. The average Bonchev–Trinajstić information content (AvgIpc) is 2.84. The maximum absolute atomic E-state index is 10.4. The number of hydrogen-bond donors (Lipinski definition) is 2. The summed E-state index contributed by atoms with van der Waals surface area (Å²) in [6, 6.07) is 0.595. The highest BCUT2D eigenvalue weighted by Gasteiger charge is 2.25. The Bertz CT molecular complexity index is 388. The van der Waals surface area contributed by atoms with Gasteiger partial charge >= 0.3 is 0 Å². The highest BCUT2D eigenvalue weighted by Crippen LogP contribution is 2.30. The van der Waals surface area contributed by atoms with E-state index in [-0.39, 0.29) is 5.41 Å². The molecule has 1 aromatic rings. The van der Waals surface area contributed by atoms with Crippen LogP contribution in [0.15, 0.2) is 0 Å². The van der Waals surface area contributed by atoms with E-state index in [1.807, 2.05) is 0 Å². The summed E-state index contributed by atoms with van der Waals surface area (Å²) in [7, 11) is 0. The quantitative estimate of drug-likeness (QED) is 0.684. The van der Waals surface area contributed by atoms with Crippen LogP contribution in [0.4, 0.5) is 5.13 Å². The lowest BCUT2D eigenvalue weighted by atomic mass is 9.90. The van der Waals surface area contributed by atoms with Crippen LogP contribution in [0.1, 0.15) is 52.0 Å². The molecule has 0 aliphatic carbocycles. The summed E-state index contributed by atoms with van der Waals surface area (Å²) in [5.74, 6) is 0. The second kappa shape index (κ2) is 7.55. The van der Waals surface area contributed by atoms with Gasteiger partial charge in [0.2, 0.25) is 11.5 Å². The maximum Gasteiger partial charge on any atom is 0.213 e. The molecular weight excluding hydrogens is 260 g/mol. The lowest BCUT2D eigenvalue weighted by Gasteiger charge is -2.23.